The molecule has 0 saturated heterocycles. The van der Waals surface area contributed by atoms with Gasteiger partial charge in [-0.2, -0.15) is 23.3 Å². The van der Waals surface area contributed by atoms with E-state index in [2.05, 4.69) is 32.1 Å². The van der Waals surface area contributed by atoms with Crippen molar-refractivity contribution in [3.05, 3.63) is 59.3 Å². The van der Waals surface area contributed by atoms with E-state index in [1.807, 2.05) is 31.1 Å². The Hall–Kier alpha value is -3.96. The van der Waals surface area contributed by atoms with Gasteiger partial charge in [0.15, 0.2) is 23.0 Å². The summed E-state index contributed by atoms with van der Waals surface area (Å²) in [6, 6.07) is 8.41. The first-order valence-corrected chi connectivity index (χ1v) is 11.0. The van der Waals surface area contributed by atoms with Crippen LogP contribution in [-0.2, 0) is 19.6 Å². The standard InChI is InChI=1S/C24H21F5N6O/c1-33-11-13(8-12-6-4-5-7-17(12)33)34(2)23-30-10-15-20(32-35(3)22(15)31-23)14-9-16(24(27,28)29)19(26)21(36)18(14)25/h4-7,9-10,13,36H,8,11H2,1-3H3/t13-/m1/s1. The second kappa shape index (κ2) is 8.32. The summed E-state index contributed by atoms with van der Waals surface area (Å²) in [5.74, 6) is -5.00. The molecule has 5 rings (SSSR count). The van der Waals surface area contributed by atoms with Crippen molar-refractivity contribution in [3.8, 4) is 17.0 Å². The number of phenols is 1. The van der Waals surface area contributed by atoms with Crippen LogP contribution in [0.4, 0.5) is 33.6 Å². The molecule has 1 N–H and O–H groups in total. The predicted molar refractivity (Wildman–Crippen MR) is 124 cm³/mol. The van der Waals surface area contributed by atoms with Crippen LogP contribution in [0.3, 0.4) is 0 Å². The number of nitrogens with zero attached hydrogens (tertiary/aromatic N) is 6. The van der Waals surface area contributed by atoms with E-state index in [0.717, 1.165) is 12.1 Å². The van der Waals surface area contributed by atoms with Crippen molar-refractivity contribution in [2.24, 2.45) is 7.05 Å². The van der Waals surface area contributed by atoms with Crippen molar-refractivity contribution >= 4 is 22.7 Å². The third kappa shape index (κ3) is 3.76. The van der Waals surface area contributed by atoms with Gasteiger partial charge in [-0.1, -0.05) is 18.2 Å². The number of rotatable bonds is 3. The minimum absolute atomic E-state index is 0.0379. The molecular formula is C24H21F5N6O. The second-order valence-corrected chi connectivity index (χ2v) is 8.80. The van der Waals surface area contributed by atoms with Crippen molar-refractivity contribution in [1.29, 1.82) is 0 Å². The molecule has 0 aliphatic carbocycles. The van der Waals surface area contributed by atoms with E-state index < -0.39 is 34.7 Å². The number of aryl methyl sites for hydroxylation is 1. The summed E-state index contributed by atoms with van der Waals surface area (Å²) >= 11 is 0. The maximum absolute atomic E-state index is 14.7. The van der Waals surface area contributed by atoms with Crippen molar-refractivity contribution in [3.63, 3.8) is 0 Å². The third-order valence-corrected chi connectivity index (χ3v) is 6.51. The average molecular weight is 504 g/mol. The van der Waals surface area contributed by atoms with Gasteiger partial charge >= 0.3 is 6.18 Å². The van der Waals surface area contributed by atoms with E-state index in [0.29, 0.717) is 18.6 Å². The minimum atomic E-state index is -5.15. The van der Waals surface area contributed by atoms with E-state index in [4.69, 9.17) is 0 Å². The number of benzene rings is 2. The fraction of sp³-hybridized carbons (Fsp3) is 0.292. The van der Waals surface area contributed by atoms with Crippen LogP contribution >= 0.6 is 0 Å². The lowest BCUT2D eigenvalue weighted by Gasteiger charge is -2.38. The molecule has 0 bridgehead atoms. The number of hydrogen-bond donors (Lipinski definition) is 1. The largest absolute Gasteiger partial charge is 0.503 e. The van der Waals surface area contributed by atoms with Gasteiger partial charge in [-0.15, -0.1) is 0 Å². The van der Waals surface area contributed by atoms with E-state index in [1.165, 1.54) is 23.5 Å². The number of aromatic nitrogens is 4. The highest BCUT2D eigenvalue weighted by atomic mass is 19.4. The molecule has 4 aromatic rings. The molecule has 1 atom stereocenters. The maximum atomic E-state index is 14.7. The summed E-state index contributed by atoms with van der Waals surface area (Å²) in [7, 11) is 5.34. The Morgan fingerprint density at radius 3 is 2.56 bits per heavy atom. The molecule has 12 heteroatoms. The molecule has 1 aliphatic heterocycles. The minimum Gasteiger partial charge on any atom is -0.503 e. The van der Waals surface area contributed by atoms with Crippen LogP contribution in [0.5, 0.6) is 5.75 Å². The van der Waals surface area contributed by atoms with E-state index in [-0.39, 0.29) is 22.8 Å². The van der Waals surface area contributed by atoms with Gasteiger partial charge in [0, 0.05) is 45.1 Å². The quantitative estimate of drug-likeness (QED) is 0.414. The van der Waals surface area contributed by atoms with Crippen molar-refractivity contribution < 1.29 is 27.1 Å². The fourth-order valence-corrected chi connectivity index (χ4v) is 4.61. The van der Waals surface area contributed by atoms with Crippen LogP contribution in [0.1, 0.15) is 11.1 Å². The Labute approximate surface area is 202 Å². The summed E-state index contributed by atoms with van der Waals surface area (Å²) in [6.45, 7) is 0.714. The van der Waals surface area contributed by atoms with Crippen molar-refractivity contribution in [2.45, 2.75) is 18.6 Å². The Bertz CT molecular complexity index is 1480. The number of phenolic OH excluding ortho intramolecular Hbond substituents is 1. The van der Waals surface area contributed by atoms with Crippen LogP contribution in [0.2, 0.25) is 0 Å². The van der Waals surface area contributed by atoms with Crippen LogP contribution in [-0.4, -0.2) is 51.5 Å². The predicted octanol–water partition coefficient (Wildman–Crippen LogP) is 4.53. The van der Waals surface area contributed by atoms with Crippen LogP contribution in [0.25, 0.3) is 22.3 Å². The fourth-order valence-electron chi connectivity index (χ4n) is 4.61. The molecular weight excluding hydrogens is 483 g/mol. The maximum Gasteiger partial charge on any atom is 0.419 e. The summed E-state index contributed by atoms with van der Waals surface area (Å²) in [4.78, 5) is 12.9. The van der Waals surface area contributed by atoms with E-state index in [9.17, 15) is 27.1 Å². The van der Waals surface area contributed by atoms with Gasteiger partial charge in [0.25, 0.3) is 0 Å². The summed E-state index contributed by atoms with van der Waals surface area (Å²) in [5, 5.41) is 14.0. The SMILES string of the molecule is CN1C[C@H](N(C)c2ncc3c(-c4cc(C(F)(F)F)c(F)c(O)c4F)nn(C)c3n2)Cc2ccccc21. The van der Waals surface area contributed by atoms with E-state index in [1.54, 1.807) is 0 Å². The lowest BCUT2D eigenvalue weighted by molar-refractivity contribution is -0.140. The van der Waals surface area contributed by atoms with Gasteiger partial charge in [-0.05, 0) is 24.1 Å². The van der Waals surface area contributed by atoms with Crippen molar-refractivity contribution in [1.82, 2.24) is 19.7 Å². The highest BCUT2D eigenvalue weighted by Gasteiger charge is 2.38. The van der Waals surface area contributed by atoms with E-state index >= 15 is 0 Å². The zero-order valence-electron chi connectivity index (χ0n) is 19.5. The first kappa shape index (κ1) is 23.8. The summed E-state index contributed by atoms with van der Waals surface area (Å²) in [6.07, 6.45) is -3.05. The number of likely N-dealkylation sites (N-methyl/N-ethyl adjacent to an activating group) is 2. The molecule has 7 nitrogen and oxygen atoms in total. The Morgan fingerprint density at radius 2 is 1.83 bits per heavy atom. The van der Waals surface area contributed by atoms with Gasteiger partial charge in [-0.25, -0.2) is 18.4 Å². The lowest BCUT2D eigenvalue weighted by Crippen LogP contribution is -2.46. The molecule has 2 aromatic carbocycles. The van der Waals surface area contributed by atoms with Gasteiger partial charge in [0.05, 0.1) is 17.0 Å². The third-order valence-electron chi connectivity index (χ3n) is 6.51. The zero-order valence-corrected chi connectivity index (χ0v) is 19.5. The molecule has 0 spiro atoms. The highest BCUT2D eigenvalue weighted by Crippen LogP contribution is 2.41. The van der Waals surface area contributed by atoms with Gasteiger partial charge < -0.3 is 14.9 Å². The number of halogens is 5. The Balaban J connectivity index is 1.55. The lowest BCUT2D eigenvalue weighted by atomic mass is 9.97. The number of aromatic hydroxyl groups is 1. The monoisotopic (exact) mass is 504 g/mol. The Morgan fingerprint density at radius 1 is 1.11 bits per heavy atom. The molecule has 0 radical (unpaired) electrons. The molecule has 1 aliphatic rings. The van der Waals surface area contributed by atoms with Crippen LogP contribution in [0, 0.1) is 11.6 Å². The van der Waals surface area contributed by atoms with Gasteiger partial charge in [-0.3, -0.25) is 0 Å². The molecule has 188 valence electrons. The smallest absolute Gasteiger partial charge is 0.419 e. The molecule has 0 unspecified atom stereocenters. The van der Waals surface area contributed by atoms with Crippen molar-refractivity contribution in [2.75, 3.05) is 30.4 Å². The van der Waals surface area contributed by atoms with Crippen LogP contribution in [0.15, 0.2) is 36.5 Å². The molecule has 0 saturated carbocycles. The molecule has 2 aromatic heterocycles. The summed E-state index contributed by atoms with van der Waals surface area (Å²) < 4.78 is 69.8. The Kier molecular flexibility index (Phi) is 5.49. The van der Waals surface area contributed by atoms with Gasteiger partial charge in [0.2, 0.25) is 5.95 Å². The first-order chi connectivity index (χ1) is 17.0. The second-order valence-electron chi connectivity index (χ2n) is 8.80. The number of hydrogen-bond acceptors (Lipinski definition) is 6. The highest BCUT2D eigenvalue weighted by molar-refractivity contribution is 5.91. The molecule has 3 heterocycles. The summed E-state index contributed by atoms with van der Waals surface area (Å²) in [5.41, 5.74) is -0.178. The molecule has 36 heavy (non-hydrogen) atoms. The zero-order chi connectivity index (χ0) is 25.9. The number of alkyl halides is 3. The number of fused-ring (bicyclic) bond motifs is 2. The average Bonchev–Trinajstić information content (AvgIpc) is 3.17. The normalized spacial score (nSPS) is 15.9. The number of para-hydroxylation sites is 1. The molecule has 0 amide bonds. The topological polar surface area (TPSA) is 70.3 Å². The van der Waals surface area contributed by atoms with Gasteiger partial charge in [0.1, 0.15) is 5.69 Å². The number of anilines is 2. The molecule has 0 fully saturated rings. The van der Waals surface area contributed by atoms with Crippen LogP contribution < -0.4 is 9.80 Å². The first-order valence-electron chi connectivity index (χ1n) is 11.0.